The summed E-state index contributed by atoms with van der Waals surface area (Å²) in [6, 6.07) is 14.6. The summed E-state index contributed by atoms with van der Waals surface area (Å²) in [5, 5.41) is 10.3. The number of para-hydroxylation sites is 1. The molecule has 0 amide bonds. The monoisotopic (exact) mass is 333 g/mol. The molecule has 3 rings (SSSR count). The zero-order valence-corrected chi connectivity index (χ0v) is 14.7. The fraction of sp³-hybridized carbons (Fsp3) is 0.222. The van der Waals surface area contributed by atoms with Crippen molar-refractivity contribution >= 4 is 20.9 Å². The third-order valence-corrected chi connectivity index (χ3v) is 4.62. The van der Waals surface area contributed by atoms with E-state index in [0.717, 1.165) is 5.39 Å². The lowest BCUT2D eigenvalue weighted by Crippen LogP contribution is -2.11. The van der Waals surface area contributed by atoms with E-state index < -0.39 is 10.0 Å². The molecule has 0 saturated carbocycles. The summed E-state index contributed by atoms with van der Waals surface area (Å²) < 4.78 is 26.2. The highest BCUT2D eigenvalue weighted by atomic mass is 32.2. The molecular formula is C18H23NO3S. The molecule has 0 unspecified atom stereocenters. The zero-order chi connectivity index (χ0) is 17.5. The second-order valence-electron chi connectivity index (χ2n) is 4.17. The smallest absolute Gasteiger partial charge is 0.268 e. The van der Waals surface area contributed by atoms with Gasteiger partial charge in [-0.2, -0.15) is 0 Å². The zero-order valence-electron chi connectivity index (χ0n) is 13.9. The standard InChI is InChI=1S/C14H11NO3S.2C2H6/c16-12-5-3-6-13(10-12)19(17,18)15-9-8-11-4-1-2-7-14(11)15;2*1-2/h1-10,16H;2*1-2H3. The Morgan fingerprint density at radius 3 is 2.17 bits per heavy atom. The lowest BCUT2D eigenvalue weighted by Gasteiger charge is -2.07. The van der Waals surface area contributed by atoms with E-state index in [2.05, 4.69) is 0 Å². The largest absolute Gasteiger partial charge is 0.508 e. The molecule has 4 nitrogen and oxygen atoms in total. The van der Waals surface area contributed by atoms with Crippen molar-refractivity contribution in [1.82, 2.24) is 3.97 Å². The second kappa shape index (κ2) is 8.39. The van der Waals surface area contributed by atoms with Crippen LogP contribution in [0.2, 0.25) is 0 Å². The Labute approximate surface area is 138 Å². The Bertz CT molecular complexity index is 851. The van der Waals surface area contributed by atoms with Crippen LogP contribution in [0, 0.1) is 0 Å². The molecule has 124 valence electrons. The number of phenolic OH excluding ortho intramolecular Hbond substituents is 1. The highest BCUT2D eigenvalue weighted by Crippen LogP contribution is 2.23. The van der Waals surface area contributed by atoms with E-state index in [1.54, 1.807) is 18.2 Å². The van der Waals surface area contributed by atoms with E-state index in [1.807, 2.05) is 39.8 Å². The van der Waals surface area contributed by atoms with Crippen LogP contribution in [-0.4, -0.2) is 17.5 Å². The quantitative estimate of drug-likeness (QED) is 0.743. The maximum Gasteiger partial charge on any atom is 0.268 e. The molecule has 1 heterocycles. The molecule has 2 aromatic carbocycles. The van der Waals surface area contributed by atoms with Gasteiger partial charge in [0.2, 0.25) is 0 Å². The van der Waals surface area contributed by atoms with Crippen molar-refractivity contribution in [2.24, 2.45) is 0 Å². The van der Waals surface area contributed by atoms with Crippen molar-refractivity contribution in [1.29, 1.82) is 0 Å². The molecule has 0 aliphatic carbocycles. The van der Waals surface area contributed by atoms with Gasteiger partial charge in [0.05, 0.1) is 10.4 Å². The molecule has 1 N–H and O–H groups in total. The number of aromatic hydroxyl groups is 1. The third-order valence-electron chi connectivity index (χ3n) is 2.94. The van der Waals surface area contributed by atoms with Crippen LogP contribution in [0.5, 0.6) is 5.75 Å². The van der Waals surface area contributed by atoms with Gasteiger partial charge in [0.1, 0.15) is 5.75 Å². The van der Waals surface area contributed by atoms with Gasteiger partial charge in [-0.05, 0) is 24.3 Å². The second-order valence-corrected chi connectivity index (χ2v) is 5.99. The van der Waals surface area contributed by atoms with Crippen LogP contribution in [0.3, 0.4) is 0 Å². The van der Waals surface area contributed by atoms with Gasteiger partial charge in [0, 0.05) is 17.6 Å². The first-order valence-electron chi connectivity index (χ1n) is 7.70. The molecule has 0 aliphatic heterocycles. The summed E-state index contributed by atoms with van der Waals surface area (Å²) in [5.74, 6) is -0.0717. The summed E-state index contributed by atoms with van der Waals surface area (Å²) in [5.41, 5.74) is 0.617. The van der Waals surface area contributed by atoms with E-state index in [1.165, 1.54) is 34.4 Å². The number of fused-ring (bicyclic) bond motifs is 1. The van der Waals surface area contributed by atoms with Crippen LogP contribution in [-0.2, 0) is 10.0 Å². The molecule has 3 aromatic rings. The maximum absolute atomic E-state index is 12.5. The Hall–Kier alpha value is -2.27. The third kappa shape index (κ3) is 3.93. The molecule has 1 aromatic heterocycles. The lowest BCUT2D eigenvalue weighted by atomic mass is 10.3. The maximum atomic E-state index is 12.5. The Kier molecular flexibility index (Phi) is 6.85. The van der Waals surface area contributed by atoms with Gasteiger partial charge in [-0.1, -0.05) is 52.0 Å². The van der Waals surface area contributed by atoms with Crippen molar-refractivity contribution < 1.29 is 13.5 Å². The van der Waals surface area contributed by atoms with Crippen LogP contribution < -0.4 is 0 Å². The van der Waals surface area contributed by atoms with Gasteiger partial charge in [-0.25, -0.2) is 12.4 Å². The Balaban J connectivity index is 0.000000615. The fourth-order valence-corrected chi connectivity index (χ4v) is 3.42. The fourth-order valence-electron chi connectivity index (χ4n) is 2.02. The summed E-state index contributed by atoms with van der Waals surface area (Å²) in [4.78, 5) is 0.0638. The first-order chi connectivity index (χ1) is 11.1. The Morgan fingerprint density at radius 2 is 1.52 bits per heavy atom. The molecule has 0 bridgehead atoms. The molecule has 0 spiro atoms. The van der Waals surface area contributed by atoms with Crippen LogP contribution in [0.15, 0.2) is 65.7 Å². The van der Waals surface area contributed by atoms with E-state index in [0.29, 0.717) is 5.52 Å². The number of hydrogen-bond acceptors (Lipinski definition) is 3. The predicted octanol–water partition coefficient (Wildman–Crippen LogP) is 4.64. The van der Waals surface area contributed by atoms with Crippen molar-refractivity contribution in [3.8, 4) is 5.75 Å². The molecule has 0 aliphatic rings. The summed E-state index contributed by atoms with van der Waals surface area (Å²) in [6.45, 7) is 8.00. The average Bonchev–Trinajstić information content (AvgIpc) is 3.03. The molecule has 23 heavy (non-hydrogen) atoms. The van der Waals surface area contributed by atoms with Gasteiger partial charge < -0.3 is 5.11 Å². The number of rotatable bonds is 2. The predicted molar refractivity (Wildman–Crippen MR) is 95.3 cm³/mol. The normalized spacial score (nSPS) is 10.3. The van der Waals surface area contributed by atoms with Gasteiger partial charge in [0.15, 0.2) is 0 Å². The molecule has 0 radical (unpaired) electrons. The summed E-state index contributed by atoms with van der Waals surface area (Å²) in [7, 11) is -3.69. The number of nitrogens with zero attached hydrogens (tertiary/aromatic N) is 1. The molecule has 0 saturated heterocycles. The van der Waals surface area contributed by atoms with Crippen LogP contribution in [0.4, 0.5) is 0 Å². The molecule has 5 heteroatoms. The highest BCUT2D eigenvalue weighted by molar-refractivity contribution is 7.90. The Morgan fingerprint density at radius 1 is 0.870 bits per heavy atom. The van der Waals surface area contributed by atoms with E-state index in [-0.39, 0.29) is 10.6 Å². The minimum atomic E-state index is -3.69. The van der Waals surface area contributed by atoms with Crippen molar-refractivity contribution in [2.45, 2.75) is 32.6 Å². The number of phenols is 1. The van der Waals surface area contributed by atoms with Crippen molar-refractivity contribution in [3.63, 3.8) is 0 Å². The van der Waals surface area contributed by atoms with Crippen LogP contribution in [0.1, 0.15) is 27.7 Å². The van der Waals surface area contributed by atoms with Gasteiger partial charge in [-0.3, -0.25) is 0 Å². The number of benzene rings is 2. The number of hydrogen-bond donors (Lipinski definition) is 1. The minimum absolute atomic E-state index is 0.0638. The summed E-state index contributed by atoms with van der Waals surface area (Å²) >= 11 is 0. The van der Waals surface area contributed by atoms with Crippen molar-refractivity contribution in [2.75, 3.05) is 0 Å². The van der Waals surface area contributed by atoms with Crippen LogP contribution >= 0.6 is 0 Å². The van der Waals surface area contributed by atoms with E-state index in [9.17, 15) is 13.5 Å². The van der Waals surface area contributed by atoms with Gasteiger partial charge in [-0.15, -0.1) is 0 Å². The van der Waals surface area contributed by atoms with Crippen LogP contribution in [0.25, 0.3) is 10.9 Å². The lowest BCUT2D eigenvalue weighted by molar-refractivity contribution is 0.473. The number of aromatic nitrogens is 1. The molecule has 0 atom stereocenters. The molecular weight excluding hydrogens is 310 g/mol. The SMILES string of the molecule is CC.CC.O=S(=O)(c1cccc(O)c1)n1ccc2ccccc21. The van der Waals surface area contributed by atoms with Gasteiger partial charge >= 0.3 is 0 Å². The highest BCUT2D eigenvalue weighted by Gasteiger charge is 2.18. The summed E-state index contributed by atoms with van der Waals surface area (Å²) in [6.07, 6.45) is 1.52. The topological polar surface area (TPSA) is 59.3 Å². The van der Waals surface area contributed by atoms with E-state index in [4.69, 9.17) is 0 Å². The first-order valence-corrected chi connectivity index (χ1v) is 9.14. The minimum Gasteiger partial charge on any atom is -0.508 e. The van der Waals surface area contributed by atoms with E-state index >= 15 is 0 Å². The average molecular weight is 333 g/mol. The van der Waals surface area contributed by atoms with Gasteiger partial charge in [0.25, 0.3) is 10.0 Å². The van der Waals surface area contributed by atoms with Crippen molar-refractivity contribution in [3.05, 3.63) is 60.8 Å². The molecule has 0 fully saturated rings. The first kappa shape index (κ1) is 18.8.